The lowest BCUT2D eigenvalue weighted by atomic mass is 10.1. The molecule has 0 spiro atoms. The molecule has 2 N–H and O–H groups in total. The summed E-state index contributed by atoms with van der Waals surface area (Å²) >= 11 is 5.26. The molecule has 90 valence electrons. The third-order valence-electron chi connectivity index (χ3n) is 3.23. The number of rotatable bonds is 4. The van der Waals surface area contributed by atoms with Gasteiger partial charge < -0.3 is 10.6 Å². The van der Waals surface area contributed by atoms with Gasteiger partial charge >= 0.3 is 0 Å². The highest BCUT2D eigenvalue weighted by atomic mass is 79.9. The Labute approximate surface area is 110 Å². The molecule has 4 heteroatoms. The zero-order valence-corrected chi connectivity index (χ0v) is 12.1. The minimum Gasteiger partial charge on any atom is -0.328 e. The molecule has 0 aromatic carbocycles. The summed E-state index contributed by atoms with van der Waals surface area (Å²) in [6.45, 7) is 2.23. The van der Waals surface area contributed by atoms with Crippen LogP contribution in [0, 0.1) is 5.92 Å². The third kappa shape index (κ3) is 3.55. The van der Waals surface area contributed by atoms with E-state index in [-0.39, 0.29) is 0 Å². The van der Waals surface area contributed by atoms with Gasteiger partial charge in [0.15, 0.2) is 0 Å². The third-order valence-corrected chi connectivity index (χ3v) is 4.78. The van der Waals surface area contributed by atoms with Crippen LogP contribution in [0.2, 0.25) is 0 Å². The van der Waals surface area contributed by atoms with Crippen molar-refractivity contribution in [2.75, 3.05) is 13.6 Å². The summed E-state index contributed by atoms with van der Waals surface area (Å²) in [4.78, 5) is 2.41. The smallest absolute Gasteiger partial charge is 0.0701 e. The van der Waals surface area contributed by atoms with Crippen molar-refractivity contribution in [3.8, 4) is 0 Å². The molecular weight excluding hydrogens is 284 g/mol. The second-order valence-electron chi connectivity index (χ2n) is 4.89. The van der Waals surface area contributed by atoms with Crippen molar-refractivity contribution in [1.29, 1.82) is 0 Å². The second kappa shape index (κ2) is 5.63. The van der Waals surface area contributed by atoms with E-state index in [0.717, 1.165) is 12.5 Å². The van der Waals surface area contributed by atoms with Crippen molar-refractivity contribution >= 4 is 27.3 Å². The molecule has 1 aromatic rings. The Kier molecular flexibility index (Phi) is 4.41. The van der Waals surface area contributed by atoms with E-state index in [9.17, 15) is 0 Å². The Morgan fingerprint density at radius 3 is 2.94 bits per heavy atom. The predicted octanol–water partition coefficient (Wildman–Crippen LogP) is 3.07. The maximum atomic E-state index is 5.93. The minimum absolute atomic E-state index is 0.452. The lowest BCUT2D eigenvalue weighted by Crippen LogP contribution is -2.25. The van der Waals surface area contributed by atoms with Crippen molar-refractivity contribution in [3.63, 3.8) is 0 Å². The second-order valence-corrected chi connectivity index (χ2v) is 7.19. The summed E-state index contributed by atoms with van der Waals surface area (Å²) in [5.74, 6) is 0.807. The Balaban J connectivity index is 1.78. The van der Waals surface area contributed by atoms with Crippen molar-refractivity contribution in [2.24, 2.45) is 11.7 Å². The predicted molar refractivity (Wildman–Crippen MR) is 73.7 cm³/mol. The van der Waals surface area contributed by atoms with Crippen molar-refractivity contribution < 1.29 is 0 Å². The Morgan fingerprint density at radius 2 is 2.38 bits per heavy atom. The topological polar surface area (TPSA) is 29.3 Å². The van der Waals surface area contributed by atoms with Crippen molar-refractivity contribution in [2.45, 2.75) is 31.8 Å². The van der Waals surface area contributed by atoms with Crippen LogP contribution in [-0.2, 0) is 6.54 Å². The first-order chi connectivity index (χ1) is 7.63. The van der Waals surface area contributed by atoms with Crippen LogP contribution in [0.1, 0.15) is 24.8 Å². The molecule has 2 unspecified atom stereocenters. The largest absolute Gasteiger partial charge is 0.328 e. The van der Waals surface area contributed by atoms with Gasteiger partial charge in [-0.25, -0.2) is 0 Å². The quantitative estimate of drug-likeness (QED) is 0.926. The van der Waals surface area contributed by atoms with E-state index in [1.165, 1.54) is 35.2 Å². The van der Waals surface area contributed by atoms with Gasteiger partial charge in [0, 0.05) is 19.1 Å². The molecule has 2 atom stereocenters. The molecule has 0 amide bonds. The Hall–Kier alpha value is 0.1000. The van der Waals surface area contributed by atoms with E-state index in [1.807, 2.05) is 0 Å². The molecule has 1 saturated carbocycles. The van der Waals surface area contributed by atoms with Crippen LogP contribution in [-0.4, -0.2) is 24.5 Å². The minimum atomic E-state index is 0.452. The zero-order valence-electron chi connectivity index (χ0n) is 9.66. The molecule has 1 aliphatic rings. The highest BCUT2D eigenvalue weighted by molar-refractivity contribution is 9.11. The first kappa shape index (κ1) is 12.6. The molecule has 16 heavy (non-hydrogen) atoms. The molecule has 1 heterocycles. The van der Waals surface area contributed by atoms with Crippen LogP contribution in [0.3, 0.4) is 0 Å². The Bertz CT molecular complexity index is 340. The maximum absolute atomic E-state index is 5.93. The summed E-state index contributed by atoms with van der Waals surface area (Å²) in [6, 6.07) is 2.66. The molecule has 0 radical (unpaired) electrons. The number of nitrogens with zero attached hydrogens (tertiary/aromatic N) is 1. The Morgan fingerprint density at radius 1 is 1.56 bits per heavy atom. The van der Waals surface area contributed by atoms with E-state index in [0.29, 0.717) is 6.04 Å². The summed E-state index contributed by atoms with van der Waals surface area (Å²) in [7, 11) is 2.20. The number of nitrogens with two attached hydrogens (primary N) is 1. The fraction of sp³-hybridized carbons (Fsp3) is 0.667. The first-order valence-corrected chi connectivity index (χ1v) is 7.48. The van der Waals surface area contributed by atoms with Crippen LogP contribution < -0.4 is 5.73 Å². The average Bonchev–Trinajstić information content (AvgIpc) is 2.76. The molecule has 1 aromatic heterocycles. The van der Waals surface area contributed by atoms with Crippen LogP contribution in [0.5, 0.6) is 0 Å². The van der Waals surface area contributed by atoms with Crippen LogP contribution in [0.25, 0.3) is 0 Å². The molecule has 0 aliphatic heterocycles. The number of halogens is 1. The standard InChI is InChI=1S/C12H19BrN2S/c1-15(6-9-2-3-11(14)4-9)7-10-5-12(13)16-8-10/h5,8-9,11H,2-4,6-7,14H2,1H3. The van der Waals surface area contributed by atoms with Gasteiger partial charge in [-0.05, 0) is 65.2 Å². The fourth-order valence-electron chi connectivity index (χ4n) is 2.53. The molecule has 1 aliphatic carbocycles. The van der Waals surface area contributed by atoms with Gasteiger partial charge in [-0.2, -0.15) is 0 Å². The summed E-state index contributed by atoms with van der Waals surface area (Å²) < 4.78 is 1.22. The zero-order chi connectivity index (χ0) is 11.5. The maximum Gasteiger partial charge on any atom is 0.0701 e. The van der Waals surface area contributed by atoms with E-state index in [2.05, 4.69) is 39.3 Å². The van der Waals surface area contributed by atoms with Crippen LogP contribution >= 0.6 is 27.3 Å². The van der Waals surface area contributed by atoms with Gasteiger partial charge in [0.05, 0.1) is 3.79 Å². The molecule has 2 rings (SSSR count). The number of hydrogen-bond acceptors (Lipinski definition) is 3. The van der Waals surface area contributed by atoms with Crippen LogP contribution in [0.4, 0.5) is 0 Å². The summed E-state index contributed by atoms with van der Waals surface area (Å²) in [5.41, 5.74) is 7.34. The van der Waals surface area contributed by atoms with Crippen molar-refractivity contribution in [1.82, 2.24) is 4.90 Å². The SMILES string of the molecule is CN(Cc1csc(Br)c1)CC1CCC(N)C1. The van der Waals surface area contributed by atoms with Gasteiger partial charge in [0.1, 0.15) is 0 Å². The van der Waals surface area contributed by atoms with Gasteiger partial charge in [-0.15, -0.1) is 11.3 Å². The molecule has 1 fully saturated rings. The first-order valence-electron chi connectivity index (χ1n) is 5.80. The lowest BCUT2D eigenvalue weighted by Gasteiger charge is -2.20. The van der Waals surface area contributed by atoms with Crippen LogP contribution in [0.15, 0.2) is 15.2 Å². The molecule has 2 nitrogen and oxygen atoms in total. The number of thiophene rings is 1. The summed E-state index contributed by atoms with van der Waals surface area (Å²) in [6.07, 6.45) is 3.72. The average molecular weight is 303 g/mol. The fourth-order valence-corrected chi connectivity index (χ4v) is 3.73. The van der Waals surface area contributed by atoms with Crippen molar-refractivity contribution in [3.05, 3.63) is 20.8 Å². The van der Waals surface area contributed by atoms with E-state index in [4.69, 9.17) is 5.73 Å². The van der Waals surface area contributed by atoms with Gasteiger partial charge in [-0.3, -0.25) is 0 Å². The van der Waals surface area contributed by atoms with Gasteiger partial charge in [0.25, 0.3) is 0 Å². The highest BCUT2D eigenvalue weighted by Crippen LogP contribution is 2.26. The monoisotopic (exact) mass is 302 g/mol. The van der Waals surface area contributed by atoms with E-state index in [1.54, 1.807) is 11.3 Å². The molecule has 0 bridgehead atoms. The van der Waals surface area contributed by atoms with Gasteiger partial charge in [-0.1, -0.05) is 0 Å². The van der Waals surface area contributed by atoms with Gasteiger partial charge in [0.2, 0.25) is 0 Å². The summed E-state index contributed by atoms with van der Waals surface area (Å²) in [5, 5.41) is 2.22. The number of hydrogen-bond donors (Lipinski definition) is 1. The van der Waals surface area contributed by atoms with E-state index < -0.39 is 0 Å². The normalized spacial score (nSPS) is 25.5. The van der Waals surface area contributed by atoms with E-state index >= 15 is 0 Å². The lowest BCUT2D eigenvalue weighted by molar-refractivity contribution is 0.270. The molecule has 0 saturated heterocycles. The molecular formula is C12H19BrN2S. The highest BCUT2D eigenvalue weighted by Gasteiger charge is 2.22.